The van der Waals surface area contributed by atoms with Crippen molar-refractivity contribution in [2.24, 2.45) is 5.92 Å². The van der Waals surface area contributed by atoms with Crippen molar-refractivity contribution in [3.8, 4) is 11.3 Å². The van der Waals surface area contributed by atoms with Crippen LogP contribution >= 0.6 is 12.4 Å². The van der Waals surface area contributed by atoms with E-state index in [1.807, 2.05) is 0 Å². The lowest BCUT2D eigenvalue weighted by Crippen LogP contribution is -2.41. The van der Waals surface area contributed by atoms with Gasteiger partial charge in [-0.3, -0.25) is 9.78 Å². The number of carbonyl (C=O) groups is 1. The average molecular weight is 324 g/mol. The first-order valence-corrected chi connectivity index (χ1v) is 7.17. The predicted molar refractivity (Wildman–Crippen MR) is 85.6 cm³/mol. The van der Waals surface area contributed by atoms with Crippen molar-refractivity contribution in [1.82, 2.24) is 15.3 Å². The van der Waals surface area contributed by atoms with Crippen molar-refractivity contribution in [3.63, 3.8) is 0 Å². The fraction of sp³-hybridized carbons (Fsp3) is 0.375. The first-order valence-electron chi connectivity index (χ1n) is 7.17. The zero-order valence-electron chi connectivity index (χ0n) is 12.5. The predicted octanol–water partition coefficient (Wildman–Crippen LogP) is 3.34. The molecule has 3 rings (SSSR count). The van der Waals surface area contributed by atoms with Crippen molar-refractivity contribution < 1.29 is 9.18 Å². The van der Waals surface area contributed by atoms with E-state index in [4.69, 9.17) is 0 Å². The zero-order valence-corrected chi connectivity index (χ0v) is 13.3. The van der Waals surface area contributed by atoms with Gasteiger partial charge >= 0.3 is 0 Å². The maximum Gasteiger partial charge on any atom is 0.253 e. The number of aromatic amines is 1. The third-order valence-electron chi connectivity index (χ3n) is 3.75. The van der Waals surface area contributed by atoms with Crippen LogP contribution in [0.4, 0.5) is 4.39 Å². The molecule has 0 saturated carbocycles. The number of amides is 1. The summed E-state index contributed by atoms with van der Waals surface area (Å²) in [5.41, 5.74) is 2.56. The molecule has 1 aliphatic rings. The molecule has 0 bridgehead atoms. The maximum absolute atomic E-state index is 13.8. The second kappa shape index (κ2) is 6.48. The first-order chi connectivity index (χ1) is 10.0. The molecule has 1 aliphatic heterocycles. The fourth-order valence-corrected chi connectivity index (χ4v) is 2.87. The third kappa shape index (κ3) is 3.14. The van der Waals surface area contributed by atoms with Crippen LogP contribution in [-0.2, 0) is 6.42 Å². The van der Waals surface area contributed by atoms with Gasteiger partial charge in [-0.1, -0.05) is 13.8 Å². The van der Waals surface area contributed by atoms with Crippen LogP contribution < -0.4 is 5.32 Å². The molecule has 0 spiro atoms. The second-order valence-corrected chi connectivity index (χ2v) is 5.93. The van der Waals surface area contributed by atoms with Gasteiger partial charge in [-0.25, -0.2) is 4.39 Å². The topological polar surface area (TPSA) is 57.8 Å². The van der Waals surface area contributed by atoms with Gasteiger partial charge in [-0.05, 0) is 24.5 Å². The lowest BCUT2D eigenvalue weighted by molar-refractivity contribution is 0.0919. The molecule has 2 aromatic rings. The van der Waals surface area contributed by atoms with Crippen LogP contribution in [0.25, 0.3) is 11.3 Å². The van der Waals surface area contributed by atoms with Crippen LogP contribution in [0.3, 0.4) is 0 Å². The molecule has 0 aromatic carbocycles. The number of carbonyl (C=O) groups excluding carboxylic acids is 1. The molecule has 22 heavy (non-hydrogen) atoms. The molecule has 3 heterocycles. The maximum atomic E-state index is 13.8. The number of nitrogens with one attached hydrogen (secondary N) is 2. The number of hydrogen-bond donors (Lipinski definition) is 2. The smallest absolute Gasteiger partial charge is 0.253 e. The van der Waals surface area contributed by atoms with Crippen LogP contribution in [-0.4, -0.2) is 21.9 Å². The van der Waals surface area contributed by atoms with Crippen molar-refractivity contribution >= 4 is 18.3 Å². The highest BCUT2D eigenvalue weighted by atomic mass is 35.5. The normalized spacial score (nSPS) is 16.9. The molecule has 118 valence electrons. The van der Waals surface area contributed by atoms with Crippen LogP contribution in [0.5, 0.6) is 0 Å². The van der Waals surface area contributed by atoms with E-state index in [0.29, 0.717) is 22.7 Å². The lowest BCUT2D eigenvalue weighted by atomic mass is 9.95. The molecular weight excluding hydrogens is 305 g/mol. The average Bonchev–Trinajstić information content (AvgIpc) is 2.82. The highest BCUT2D eigenvalue weighted by Crippen LogP contribution is 2.27. The van der Waals surface area contributed by atoms with E-state index in [9.17, 15) is 9.18 Å². The Morgan fingerprint density at radius 3 is 2.86 bits per heavy atom. The van der Waals surface area contributed by atoms with Crippen molar-refractivity contribution in [1.29, 1.82) is 0 Å². The molecule has 1 atom stereocenters. The Kier molecular flexibility index (Phi) is 4.86. The van der Waals surface area contributed by atoms with E-state index < -0.39 is 5.82 Å². The largest absolute Gasteiger partial charge is 0.358 e. The number of H-pyrrole nitrogens is 1. The van der Waals surface area contributed by atoms with E-state index in [2.05, 4.69) is 29.1 Å². The summed E-state index contributed by atoms with van der Waals surface area (Å²) in [5, 5.41) is 3.02. The van der Waals surface area contributed by atoms with Crippen LogP contribution in [0, 0.1) is 11.7 Å². The lowest BCUT2D eigenvalue weighted by Gasteiger charge is -2.24. The first kappa shape index (κ1) is 16.5. The molecule has 1 unspecified atom stereocenters. The minimum absolute atomic E-state index is 0. The monoisotopic (exact) mass is 323 g/mol. The second-order valence-electron chi connectivity index (χ2n) is 5.93. The van der Waals surface area contributed by atoms with Gasteiger partial charge in [0.1, 0.15) is 0 Å². The molecule has 0 saturated heterocycles. The molecule has 0 fully saturated rings. The highest BCUT2D eigenvalue weighted by Gasteiger charge is 2.27. The van der Waals surface area contributed by atoms with Gasteiger partial charge in [0.2, 0.25) is 0 Å². The summed E-state index contributed by atoms with van der Waals surface area (Å²) in [6.45, 7) is 4.27. The Morgan fingerprint density at radius 2 is 2.18 bits per heavy atom. The van der Waals surface area contributed by atoms with Crippen LogP contribution in [0.15, 0.2) is 24.5 Å². The number of hydrogen-bond acceptors (Lipinski definition) is 2. The number of halogens is 2. The summed E-state index contributed by atoms with van der Waals surface area (Å²) in [4.78, 5) is 19.1. The van der Waals surface area contributed by atoms with Gasteiger partial charge in [0, 0.05) is 35.6 Å². The summed E-state index contributed by atoms with van der Waals surface area (Å²) in [5.74, 6) is 0.0398. The van der Waals surface area contributed by atoms with E-state index in [1.165, 1.54) is 6.20 Å². The third-order valence-corrected chi connectivity index (χ3v) is 3.75. The SMILES string of the molecule is CC(C)CC1Cc2[nH]c(-c3ccncc3F)cc2C(=O)N1.Cl. The fourth-order valence-electron chi connectivity index (χ4n) is 2.87. The minimum atomic E-state index is -0.393. The van der Waals surface area contributed by atoms with E-state index in [1.54, 1.807) is 18.3 Å². The molecule has 1 amide bonds. The van der Waals surface area contributed by atoms with E-state index >= 15 is 0 Å². The molecular formula is C16H19ClFN3O. The summed E-state index contributed by atoms with van der Waals surface area (Å²) >= 11 is 0. The van der Waals surface area contributed by atoms with E-state index in [0.717, 1.165) is 18.5 Å². The summed E-state index contributed by atoms with van der Waals surface area (Å²) in [6.07, 6.45) is 4.41. The minimum Gasteiger partial charge on any atom is -0.358 e. The van der Waals surface area contributed by atoms with Crippen LogP contribution in [0.1, 0.15) is 36.3 Å². The Labute approximate surface area is 134 Å². The summed E-state index contributed by atoms with van der Waals surface area (Å²) in [6, 6.07) is 3.46. The standard InChI is InChI=1S/C16H18FN3O.ClH/c1-9(2)5-10-6-14-12(16(21)19-10)7-15(20-14)11-3-4-18-8-13(11)17;/h3-4,7-10,20H,5-6H2,1-2H3,(H,19,21);1H. The highest BCUT2D eigenvalue weighted by molar-refractivity contribution is 5.98. The zero-order chi connectivity index (χ0) is 15.0. The number of pyridine rings is 1. The van der Waals surface area contributed by atoms with Crippen molar-refractivity contribution in [2.45, 2.75) is 32.7 Å². The molecule has 0 radical (unpaired) electrons. The Bertz CT molecular complexity index is 684. The van der Waals surface area contributed by atoms with Gasteiger partial charge in [-0.2, -0.15) is 0 Å². The quantitative estimate of drug-likeness (QED) is 0.910. The van der Waals surface area contributed by atoms with E-state index in [-0.39, 0.29) is 24.4 Å². The molecule has 6 heteroatoms. The van der Waals surface area contributed by atoms with Crippen molar-refractivity contribution in [2.75, 3.05) is 0 Å². The summed E-state index contributed by atoms with van der Waals surface area (Å²) in [7, 11) is 0. The number of rotatable bonds is 3. The van der Waals surface area contributed by atoms with Gasteiger partial charge < -0.3 is 10.3 Å². The Morgan fingerprint density at radius 1 is 1.41 bits per heavy atom. The van der Waals surface area contributed by atoms with Crippen LogP contribution in [0.2, 0.25) is 0 Å². The number of aromatic nitrogens is 2. The number of fused-ring (bicyclic) bond motifs is 1. The Hall–Kier alpha value is -1.88. The van der Waals surface area contributed by atoms with Gasteiger partial charge in [0.15, 0.2) is 5.82 Å². The number of nitrogens with zero attached hydrogens (tertiary/aromatic N) is 1. The molecule has 2 N–H and O–H groups in total. The van der Waals surface area contributed by atoms with Crippen molar-refractivity contribution in [3.05, 3.63) is 41.6 Å². The van der Waals surface area contributed by atoms with Gasteiger partial charge in [-0.15, -0.1) is 12.4 Å². The van der Waals surface area contributed by atoms with Gasteiger partial charge in [0.05, 0.1) is 11.8 Å². The van der Waals surface area contributed by atoms with Gasteiger partial charge in [0.25, 0.3) is 5.91 Å². The molecule has 0 aliphatic carbocycles. The Balaban J connectivity index is 0.00000176. The summed E-state index contributed by atoms with van der Waals surface area (Å²) < 4.78 is 13.8. The molecule has 4 nitrogen and oxygen atoms in total. The molecule has 2 aromatic heterocycles.